The van der Waals surface area contributed by atoms with E-state index >= 15 is 0 Å². The molecule has 160 valence electrons. The third-order valence-electron chi connectivity index (χ3n) is 4.73. The van der Waals surface area contributed by atoms with Crippen LogP contribution in [0.1, 0.15) is 28.9 Å². The van der Waals surface area contributed by atoms with E-state index in [1.807, 2.05) is 0 Å². The molecule has 1 amide bonds. The van der Waals surface area contributed by atoms with Gasteiger partial charge in [-0.05, 0) is 30.3 Å². The first-order valence-electron chi connectivity index (χ1n) is 8.72. The molecular formula is C19H17F5N4O2. The third kappa shape index (κ3) is 3.66. The van der Waals surface area contributed by atoms with Crippen LogP contribution in [0.3, 0.4) is 0 Å². The van der Waals surface area contributed by atoms with Crippen LogP contribution >= 0.6 is 0 Å². The maximum atomic E-state index is 14.6. The van der Waals surface area contributed by atoms with Crippen LogP contribution in [0.25, 0.3) is 0 Å². The number of nitrogens with zero attached hydrogens (tertiary/aromatic N) is 2. The molecule has 0 radical (unpaired) electrons. The number of hydrogen-bond acceptors (Lipinski definition) is 5. The lowest BCUT2D eigenvalue weighted by atomic mass is 9.79. The number of aliphatic imine (C=N–C) groups is 1. The summed E-state index contributed by atoms with van der Waals surface area (Å²) in [4.78, 5) is 19.5. The van der Waals surface area contributed by atoms with Gasteiger partial charge in [-0.2, -0.15) is 0 Å². The molecule has 0 spiro atoms. The Morgan fingerprint density at radius 2 is 2.00 bits per heavy atom. The lowest BCUT2D eigenvalue weighted by molar-refractivity contribution is -0.145. The van der Waals surface area contributed by atoms with Crippen molar-refractivity contribution in [2.75, 3.05) is 12.4 Å². The minimum atomic E-state index is -4.06. The molecule has 1 aliphatic rings. The van der Waals surface area contributed by atoms with Gasteiger partial charge in [-0.1, -0.05) is 0 Å². The molecule has 1 aliphatic heterocycles. The number of methoxy groups -OCH3 is 1. The van der Waals surface area contributed by atoms with Crippen molar-refractivity contribution < 1.29 is 31.5 Å². The van der Waals surface area contributed by atoms with Gasteiger partial charge in [-0.25, -0.2) is 31.9 Å². The number of rotatable bonds is 5. The maximum absolute atomic E-state index is 14.6. The lowest BCUT2D eigenvalue weighted by Crippen LogP contribution is -2.54. The molecule has 0 aliphatic carbocycles. The summed E-state index contributed by atoms with van der Waals surface area (Å²) in [5, 5.41) is 2.32. The molecule has 1 unspecified atom stereocenters. The van der Waals surface area contributed by atoms with Gasteiger partial charge in [0, 0.05) is 24.1 Å². The van der Waals surface area contributed by atoms with E-state index in [4.69, 9.17) is 10.5 Å². The Labute approximate surface area is 168 Å². The number of carbonyl (C=O) groups is 1. The van der Waals surface area contributed by atoms with E-state index in [1.54, 1.807) is 0 Å². The summed E-state index contributed by atoms with van der Waals surface area (Å²) in [6.07, 6.45) is -3.90. The maximum Gasteiger partial charge on any atom is 0.283 e. The van der Waals surface area contributed by atoms with E-state index in [0.717, 1.165) is 6.07 Å². The zero-order chi connectivity index (χ0) is 22.1. The van der Waals surface area contributed by atoms with Crippen molar-refractivity contribution in [1.82, 2.24) is 4.98 Å². The largest absolute Gasteiger partial charge is 0.495 e. The average Bonchev–Trinajstić information content (AvgIpc) is 2.71. The van der Waals surface area contributed by atoms with Gasteiger partial charge in [0.2, 0.25) is 5.54 Å². The second-order valence-electron chi connectivity index (χ2n) is 6.61. The summed E-state index contributed by atoms with van der Waals surface area (Å²) in [6.45, 7) is 0. The van der Waals surface area contributed by atoms with Gasteiger partial charge < -0.3 is 15.8 Å². The normalized spacial score (nSPS) is 20.6. The number of benzene rings is 1. The minimum absolute atomic E-state index is 0.0597. The first-order chi connectivity index (χ1) is 14.1. The smallest absolute Gasteiger partial charge is 0.283 e. The van der Waals surface area contributed by atoms with Gasteiger partial charge in [0.1, 0.15) is 17.3 Å². The van der Waals surface area contributed by atoms with Crippen molar-refractivity contribution in [2.24, 2.45) is 10.7 Å². The van der Waals surface area contributed by atoms with Gasteiger partial charge in [-0.15, -0.1) is 0 Å². The first-order valence-corrected chi connectivity index (χ1v) is 8.72. The van der Waals surface area contributed by atoms with E-state index in [1.165, 1.54) is 25.4 Å². The van der Waals surface area contributed by atoms with Crippen molar-refractivity contribution in [2.45, 2.75) is 30.7 Å². The van der Waals surface area contributed by atoms with Gasteiger partial charge in [-0.3, -0.25) is 4.79 Å². The number of carbonyl (C=O) groups excluding carboxylic acids is 1. The number of anilines is 1. The second-order valence-corrected chi connectivity index (χ2v) is 6.61. The van der Waals surface area contributed by atoms with Crippen LogP contribution in [0.15, 0.2) is 41.5 Å². The standard InChI is InChI=1S/C19H17F5N4O2/c1-30-11-3-5-14(26-9-11)16(29)27-10-2-4-13(20)12(8-10)19(17(21)22)18(23,24)7-6-15(25)28-19/h2-5,8-9,17H,6-7H2,1H3,(H2,25,28)(H,27,29). The topological polar surface area (TPSA) is 89.6 Å². The van der Waals surface area contributed by atoms with Gasteiger partial charge >= 0.3 is 0 Å². The van der Waals surface area contributed by atoms with E-state index in [9.17, 15) is 26.7 Å². The van der Waals surface area contributed by atoms with Crippen molar-refractivity contribution in [1.29, 1.82) is 0 Å². The van der Waals surface area contributed by atoms with Crippen molar-refractivity contribution in [3.05, 3.63) is 53.6 Å². The molecule has 30 heavy (non-hydrogen) atoms. The quantitative estimate of drug-likeness (QED) is 0.711. The second kappa shape index (κ2) is 7.88. The summed E-state index contributed by atoms with van der Waals surface area (Å²) >= 11 is 0. The molecule has 0 fully saturated rings. The van der Waals surface area contributed by atoms with Crippen LogP contribution < -0.4 is 15.8 Å². The van der Waals surface area contributed by atoms with Crippen LogP contribution in [0.5, 0.6) is 5.75 Å². The Morgan fingerprint density at radius 3 is 2.60 bits per heavy atom. The monoisotopic (exact) mass is 428 g/mol. The number of halogens is 5. The summed E-state index contributed by atoms with van der Waals surface area (Å²) in [6, 6.07) is 5.25. The summed E-state index contributed by atoms with van der Waals surface area (Å²) in [5.74, 6) is -6.19. The van der Waals surface area contributed by atoms with Crippen LogP contribution in [-0.4, -0.2) is 36.2 Å². The molecule has 1 aromatic carbocycles. The van der Waals surface area contributed by atoms with Gasteiger partial charge in [0.15, 0.2) is 0 Å². The lowest BCUT2D eigenvalue weighted by Gasteiger charge is -2.40. The molecule has 6 nitrogen and oxygen atoms in total. The predicted octanol–water partition coefficient (Wildman–Crippen LogP) is 3.73. The number of alkyl halides is 4. The van der Waals surface area contributed by atoms with Crippen molar-refractivity contribution in [3.63, 3.8) is 0 Å². The molecule has 0 saturated carbocycles. The van der Waals surface area contributed by atoms with Crippen molar-refractivity contribution >= 4 is 17.4 Å². The molecule has 1 atom stereocenters. The van der Waals surface area contributed by atoms with E-state index in [-0.39, 0.29) is 11.4 Å². The average molecular weight is 428 g/mol. The fraction of sp³-hybridized carbons (Fsp3) is 0.316. The number of amides is 1. The number of nitrogens with two attached hydrogens (primary N) is 1. The predicted molar refractivity (Wildman–Crippen MR) is 98.6 cm³/mol. The summed E-state index contributed by atoms with van der Waals surface area (Å²) in [7, 11) is 1.41. The van der Waals surface area contributed by atoms with Crippen LogP contribution in [0, 0.1) is 5.82 Å². The van der Waals surface area contributed by atoms with E-state index in [2.05, 4.69) is 15.3 Å². The minimum Gasteiger partial charge on any atom is -0.495 e. The highest BCUT2D eigenvalue weighted by atomic mass is 19.3. The molecule has 2 heterocycles. The number of amidine groups is 1. The highest BCUT2D eigenvalue weighted by molar-refractivity contribution is 6.02. The number of hydrogen-bond donors (Lipinski definition) is 2. The van der Waals surface area contributed by atoms with Gasteiger partial charge in [0.05, 0.1) is 19.1 Å². The molecule has 2 aromatic rings. The van der Waals surface area contributed by atoms with Crippen LogP contribution in [0.2, 0.25) is 0 Å². The molecule has 0 bridgehead atoms. The molecule has 0 saturated heterocycles. The van der Waals surface area contributed by atoms with E-state index < -0.39 is 53.9 Å². The summed E-state index contributed by atoms with van der Waals surface area (Å²) in [5.41, 5.74) is 0.632. The number of nitrogens with one attached hydrogen (secondary N) is 1. The molecule has 1 aromatic heterocycles. The summed E-state index contributed by atoms with van der Waals surface area (Å²) < 4.78 is 76.5. The first kappa shape index (κ1) is 21.5. The molecule has 3 N–H and O–H groups in total. The van der Waals surface area contributed by atoms with Crippen LogP contribution in [0.4, 0.5) is 27.6 Å². The number of pyridine rings is 1. The highest BCUT2D eigenvalue weighted by Crippen LogP contribution is 2.51. The molecule has 3 rings (SSSR count). The Balaban J connectivity index is 2.01. The molecular weight excluding hydrogens is 411 g/mol. The van der Waals surface area contributed by atoms with Gasteiger partial charge in [0.25, 0.3) is 18.3 Å². The Morgan fingerprint density at radius 1 is 1.27 bits per heavy atom. The molecule has 11 heteroatoms. The Hall–Kier alpha value is -3.24. The Kier molecular flexibility index (Phi) is 5.64. The third-order valence-corrected chi connectivity index (χ3v) is 4.73. The SMILES string of the molecule is COc1ccc(C(=O)Nc2ccc(F)c(C3(C(F)F)N=C(N)CCC3(F)F)c2)nc1. The van der Waals surface area contributed by atoms with Crippen molar-refractivity contribution in [3.8, 4) is 5.75 Å². The fourth-order valence-electron chi connectivity index (χ4n) is 3.15. The van der Waals surface area contributed by atoms with E-state index in [0.29, 0.717) is 17.9 Å². The number of aromatic nitrogens is 1. The fourth-order valence-corrected chi connectivity index (χ4v) is 3.15. The zero-order valence-corrected chi connectivity index (χ0v) is 15.6. The number of ether oxygens (including phenoxy) is 1. The van der Waals surface area contributed by atoms with Crippen LogP contribution in [-0.2, 0) is 5.54 Å². The Bertz CT molecular complexity index is 981. The highest BCUT2D eigenvalue weighted by Gasteiger charge is 2.63. The zero-order valence-electron chi connectivity index (χ0n) is 15.6.